The van der Waals surface area contributed by atoms with E-state index in [1.165, 1.54) is 0 Å². The Bertz CT molecular complexity index is 328. The number of ether oxygens (including phenoxy) is 1. The van der Waals surface area contributed by atoms with Crippen LogP contribution in [0.2, 0.25) is 5.15 Å². The van der Waals surface area contributed by atoms with E-state index in [0.717, 1.165) is 25.1 Å². The van der Waals surface area contributed by atoms with Gasteiger partial charge in [0.05, 0.1) is 6.61 Å². The zero-order valence-electron chi connectivity index (χ0n) is 8.87. The maximum Gasteiger partial charge on any atom is 0.218 e. The Kier molecular flexibility index (Phi) is 5.12. The number of aryl methyl sites for hydroxylation is 1. The topological polar surface area (TPSA) is 35.0 Å². The number of nitrogens with zero attached hydrogens (tertiary/aromatic N) is 2. The summed E-state index contributed by atoms with van der Waals surface area (Å²) in [4.78, 5) is 8.35. The summed E-state index contributed by atoms with van der Waals surface area (Å²) in [6, 6.07) is 1.63. The molecule has 0 aliphatic rings. The van der Waals surface area contributed by atoms with Crippen molar-refractivity contribution in [2.45, 2.75) is 26.2 Å². The monoisotopic (exact) mass is 226 g/mol. The SMILES string of the molecule is C=CCCOc1cc(Cl)nc(CCC)n1. The molecule has 0 aliphatic carbocycles. The normalized spacial score (nSPS) is 10.0. The molecule has 0 bridgehead atoms. The summed E-state index contributed by atoms with van der Waals surface area (Å²) in [7, 11) is 0. The molecule has 0 radical (unpaired) electrons. The van der Waals surface area contributed by atoms with E-state index in [1.54, 1.807) is 12.1 Å². The lowest BCUT2D eigenvalue weighted by Crippen LogP contribution is -2.02. The highest BCUT2D eigenvalue weighted by Gasteiger charge is 2.03. The summed E-state index contributed by atoms with van der Waals surface area (Å²) in [5, 5.41) is 0.432. The molecule has 0 saturated carbocycles. The molecule has 1 aromatic rings. The number of aromatic nitrogens is 2. The number of hydrogen-bond donors (Lipinski definition) is 0. The fraction of sp³-hybridized carbons (Fsp3) is 0.455. The Morgan fingerprint density at radius 1 is 1.53 bits per heavy atom. The molecule has 4 heteroatoms. The molecule has 0 amide bonds. The summed E-state index contributed by atoms with van der Waals surface area (Å²) in [6.45, 7) is 6.26. The standard InChI is InChI=1S/C11H15ClN2O/c1-3-5-7-15-11-8-9(12)13-10(14-11)6-4-2/h3,8H,1,4-7H2,2H3. The van der Waals surface area contributed by atoms with E-state index >= 15 is 0 Å². The van der Waals surface area contributed by atoms with Gasteiger partial charge in [-0.3, -0.25) is 0 Å². The van der Waals surface area contributed by atoms with Crippen molar-refractivity contribution >= 4 is 11.6 Å². The third kappa shape index (κ3) is 4.30. The second-order valence-corrected chi connectivity index (χ2v) is 3.51. The average Bonchev–Trinajstić information content (AvgIpc) is 2.18. The molecule has 0 spiro atoms. The van der Waals surface area contributed by atoms with Crippen LogP contribution in [0, 0.1) is 0 Å². The van der Waals surface area contributed by atoms with Crippen LogP contribution in [0.3, 0.4) is 0 Å². The first-order valence-corrected chi connectivity index (χ1v) is 5.41. The first kappa shape index (κ1) is 12.0. The molecule has 0 aliphatic heterocycles. The molecule has 0 unspecified atom stereocenters. The first-order chi connectivity index (χ1) is 7.26. The minimum absolute atomic E-state index is 0.432. The van der Waals surface area contributed by atoms with Gasteiger partial charge < -0.3 is 4.74 Å². The van der Waals surface area contributed by atoms with Crippen molar-refractivity contribution in [1.29, 1.82) is 0 Å². The quantitative estimate of drug-likeness (QED) is 0.425. The molecule has 1 heterocycles. The summed E-state index contributed by atoms with van der Waals surface area (Å²) < 4.78 is 5.41. The van der Waals surface area contributed by atoms with Crippen LogP contribution in [0.15, 0.2) is 18.7 Å². The molecule has 0 saturated heterocycles. The van der Waals surface area contributed by atoms with Crippen molar-refractivity contribution in [2.75, 3.05) is 6.61 Å². The highest BCUT2D eigenvalue weighted by Crippen LogP contribution is 2.14. The van der Waals surface area contributed by atoms with Crippen LogP contribution in [0.1, 0.15) is 25.6 Å². The van der Waals surface area contributed by atoms with Gasteiger partial charge in [-0.1, -0.05) is 24.6 Å². The molecule has 3 nitrogen and oxygen atoms in total. The maximum absolute atomic E-state index is 5.85. The minimum atomic E-state index is 0.432. The van der Waals surface area contributed by atoms with Crippen molar-refractivity contribution in [2.24, 2.45) is 0 Å². The van der Waals surface area contributed by atoms with Gasteiger partial charge in [-0.25, -0.2) is 4.98 Å². The van der Waals surface area contributed by atoms with Gasteiger partial charge in [-0.15, -0.1) is 6.58 Å². The van der Waals surface area contributed by atoms with Gasteiger partial charge in [0.1, 0.15) is 11.0 Å². The van der Waals surface area contributed by atoms with E-state index in [1.807, 2.05) is 0 Å². The van der Waals surface area contributed by atoms with Gasteiger partial charge in [0.2, 0.25) is 5.88 Å². The lowest BCUT2D eigenvalue weighted by Gasteiger charge is -2.05. The Hall–Kier alpha value is -1.09. The van der Waals surface area contributed by atoms with Gasteiger partial charge in [0, 0.05) is 12.5 Å². The van der Waals surface area contributed by atoms with E-state index < -0.39 is 0 Å². The smallest absolute Gasteiger partial charge is 0.218 e. The fourth-order valence-corrected chi connectivity index (χ4v) is 1.29. The lowest BCUT2D eigenvalue weighted by molar-refractivity contribution is 0.310. The van der Waals surface area contributed by atoms with E-state index in [0.29, 0.717) is 17.6 Å². The van der Waals surface area contributed by atoms with Crippen molar-refractivity contribution < 1.29 is 4.74 Å². The van der Waals surface area contributed by atoms with Crippen LogP contribution in [0.5, 0.6) is 5.88 Å². The largest absolute Gasteiger partial charge is 0.477 e. The van der Waals surface area contributed by atoms with Gasteiger partial charge in [0.25, 0.3) is 0 Å². The van der Waals surface area contributed by atoms with Crippen LogP contribution < -0.4 is 4.74 Å². The average molecular weight is 227 g/mol. The van der Waals surface area contributed by atoms with Crippen LogP contribution in [0.25, 0.3) is 0 Å². The molecule has 15 heavy (non-hydrogen) atoms. The van der Waals surface area contributed by atoms with Crippen LogP contribution in [-0.4, -0.2) is 16.6 Å². The van der Waals surface area contributed by atoms with Crippen molar-refractivity contribution in [3.05, 3.63) is 29.7 Å². The molecular weight excluding hydrogens is 212 g/mol. The van der Waals surface area contributed by atoms with Crippen LogP contribution >= 0.6 is 11.6 Å². The van der Waals surface area contributed by atoms with Crippen molar-refractivity contribution in [3.8, 4) is 5.88 Å². The van der Waals surface area contributed by atoms with Gasteiger partial charge in [0.15, 0.2) is 0 Å². The van der Waals surface area contributed by atoms with Crippen LogP contribution in [-0.2, 0) is 6.42 Å². The summed E-state index contributed by atoms with van der Waals surface area (Å²) in [5.74, 6) is 1.28. The Morgan fingerprint density at radius 2 is 2.33 bits per heavy atom. The van der Waals surface area contributed by atoms with Crippen LogP contribution in [0.4, 0.5) is 0 Å². The molecule has 1 rings (SSSR count). The number of halogens is 1. The van der Waals surface area contributed by atoms with E-state index in [2.05, 4.69) is 23.5 Å². The Labute approximate surface area is 95.2 Å². The molecule has 82 valence electrons. The summed E-state index contributed by atoms with van der Waals surface area (Å²) in [5.41, 5.74) is 0. The maximum atomic E-state index is 5.85. The zero-order chi connectivity index (χ0) is 11.1. The van der Waals surface area contributed by atoms with E-state index in [-0.39, 0.29) is 0 Å². The second-order valence-electron chi connectivity index (χ2n) is 3.12. The molecule has 0 N–H and O–H groups in total. The third-order valence-corrected chi connectivity index (χ3v) is 1.96. The first-order valence-electron chi connectivity index (χ1n) is 5.03. The molecule has 0 atom stereocenters. The summed E-state index contributed by atoms with van der Waals surface area (Å²) >= 11 is 5.85. The molecule has 0 fully saturated rings. The van der Waals surface area contributed by atoms with Gasteiger partial charge >= 0.3 is 0 Å². The zero-order valence-corrected chi connectivity index (χ0v) is 9.63. The predicted octanol–water partition coefficient (Wildman–Crippen LogP) is 3.04. The fourth-order valence-electron chi connectivity index (χ4n) is 1.10. The van der Waals surface area contributed by atoms with E-state index in [9.17, 15) is 0 Å². The minimum Gasteiger partial charge on any atom is -0.477 e. The van der Waals surface area contributed by atoms with E-state index in [4.69, 9.17) is 16.3 Å². The summed E-state index contributed by atoms with van der Waals surface area (Å²) in [6.07, 6.45) is 4.41. The van der Waals surface area contributed by atoms with Crippen molar-refractivity contribution in [1.82, 2.24) is 9.97 Å². The Morgan fingerprint density at radius 3 is 3.00 bits per heavy atom. The Balaban J connectivity index is 2.65. The highest BCUT2D eigenvalue weighted by atomic mass is 35.5. The van der Waals surface area contributed by atoms with Gasteiger partial charge in [-0.05, 0) is 12.8 Å². The third-order valence-electron chi connectivity index (χ3n) is 1.76. The molecule has 0 aromatic carbocycles. The highest BCUT2D eigenvalue weighted by molar-refractivity contribution is 6.29. The lowest BCUT2D eigenvalue weighted by atomic mass is 10.3. The predicted molar refractivity (Wildman–Crippen MR) is 61.3 cm³/mol. The number of hydrogen-bond acceptors (Lipinski definition) is 3. The number of rotatable bonds is 6. The van der Waals surface area contributed by atoms with Crippen molar-refractivity contribution in [3.63, 3.8) is 0 Å². The molecule has 1 aromatic heterocycles. The van der Waals surface area contributed by atoms with Gasteiger partial charge in [-0.2, -0.15) is 4.98 Å². The molecular formula is C11H15ClN2O. The second kappa shape index (κ2) is 6.40.